The number of anilines is 1. The van der Waals surface area contributed by atoms with Gasteiger partial charge in [-0.25, -0.2) is 4.98 Å². The number of carbonyl (C=O) groups is 1. The standard InChI is InChI=1S/C20H12ClIN2O2/c21-14-5-1-13(2-6-14)20-24-17-11-16(9-10-18(17)26-20)23-19(25)12-3-7-15(22)8-4-12/h1-11H,(H,23,25). The van der Waals surface area contributed by atoms with Crippen molar-refractivity contribution in [3.05, 3.63) is 80.9 Å². The molecule has 3 aromatic carbocycles. The van der Waals surface area contributed by atoms with E-state index >= 15 is 0 Å². The summed E-state index contributed by atoms with van der Waals surface area (Å²) in [7, 11) is 0. The number of halogens is 2. The number of benzene rings is 3. The molecule has 0 saturated heterocycles. The highest BCUT2D eigenvalue weighted by Gasteiger charge is 2.11. The Balaban J connectivity index is 1.60. The Morgan fingerprint density at radius 3 is 2.46 bits per heavy atom. The van der Waals surface area contributed by atoms with Gasteiger partial charge in [0.1, 0.15) is 5.52 Å². The Morgan fingerprint density at radius 1 is 1.00 bits per heavy atom. The SMILES string of the molecule is O=C(Nc1ccc2oc(-c3ccc(Cl)cc3)nc2c1)c1ccc(I)cc1. The number of aromatic nitrogens is 1. The van der Waals surface area contributed by atoms with Gasteiger partial charge in [0.05, 0.1) is 0 Å². The van der Waals surface area contributed by atoms with Crippen LogP contribution in [0.4, 0.5) is 5.69 Å². The molecule has 4 rings (SSSR count). The summed E-state index contributed by atoms with van der Waals surface area (Å²) in [5.74, 6) is 0.347. The number of nitrogens with zero attached hydrogens (tertiary/aromatic N) is 1. The molecule has 0 atom stereocenters. The molecule has 0 bridgehead atoms. The molecule has 1 aromatic heterocycles. The maximum atomic E-state index is 12.4. The van der Waals surface area contributed by atoms with E-state index < -0.39 is 0 Å². The van der Waals surface area contributed by atoms with E-state index in [9.17, 15) is 4.79 Å². The van der Waals surface area contributed by atoms with Crippen molar-refractivity contribution < 1.29 is 9.21 Å². The summed E-state index contributed by atoms with van der Waals surface area (Å²) in [6, 6.07) is 20.1. The van der Waals surface area contributed by atoms with Gasteiger partial charge >= 0.3 is 0 Å². The zero-order valence-corrected chi connectivity index (χ0v) is 16.3. The van der Waals surface area contributed by atoms with Gasteiger partial charge < -0.3 is 9.73 Å². The van der Waals surface area contributed by atoms with Crippen LogP contribution >= 0.6 is 34.2 Å². The van der Waals surface area contributed by atoms with E-state index in [-0.39, 0.29) is 5.91 Å². The second-order valence-electron chi connectivity index (χ2n) is 5.67. The Labute approximate surface area is 168 Å². The minimum atomic E-state index is -0.165. The number of fused-ring (bicyclic) bond motifs is 1. The quantitative estimate of drug-likeness (QED) is 0.370. The first-order valence-electron chi connectivity index (χ1n) is 7.82. The monoisotopic (exact) mass is 474 g/mol. The lowest BCUT2D eigenvalue weighted by molar-refractivity contribution is 0.102. The number of nitrogens with one attached hydrogen (secondary N) is 1. The van der Waals surface area contributed by atoms with Crippen LogP contribution in [0.1, 0.15) is 10.4 Å². The van der Waals surface area contributed by atoms with Gasteiger partial charge in [-0.1, -0.05) is 11.6 Å². The molecule has 6 heteroatoms. The number of hydrogen-bond donors (Lipinski definition) is 1. The zero-order chi connectivity index (χ0) is 18.1. The third kappa shape index (κ3) is 3.59. The second-order valence-corrected chi connectivity index (χ2v) is 7.35. The first kappa shape index (κ1) is 17.1. The highest BCUT2D eigenvalue weighted by Crippen LogP contribution is 2.27. The van der Waals surface area contributed by atoms with Gasteiger partial charge in [0.25, 0.3) is 5.91 Å². The highest BCUT2D eigenvalue weighted by atomic mass is 127. The molecular formula is C20H12ClIN2O2. The lowest BCUT2D eigenvalue weighted by Gasteiger charge is -2.05. The van der Waals surface area contributed by atoms with Crippen LogP contribution in [0.5, 0.6) is 0 Å². The van der Waals surface area contributed by atoms with Crippen molar-refractivity contribution in [3.63, 3.8) is 0 Å². The molecule has 1 heterocycles. The normalized spacial score (nSPS) is 10.8. The van der Waals surface area contributed by atoms with Gasteiger partial charge in [-0.2, -0.15) is 0 Å². The van der Waals surface area contributed by atoms with Gasteiger partial charge in [-0.15, -0.1) is 0 Å². The zero-order valence-electron chi connectivity index (χ0n) is 13.4. The molecule has 0 aliphatic carbocycles. The molecule has 0 aliphatic rings. The van der Waals surface area contributed by atoms with Crippen LogP contribution in [0, 0.1) is 3.57 Å². The average Bonchev–Trinajstić information content (AvgIpc) is 3.06. The fourth-order valence-corrected chi connectivity index (χ4v) is 3.01. The Kier molecular flexibility index (Phi) is 4.65. The molecule has 0 unspecified atom stereocenters. The van der Waals surface area contributed by atoms with Gasteiger partial charge in [0.15, 0.2) is 5.58 Å². The first-order chi connectivity index (χ1) is 12.6. The van der Waals surface area contributed by atoms with Gasteiger partial charge in [-0.3, -0.25) is 4.79 Å². The summed E-state index contributed by atoms with van der Waals surface area (Å²) >= 11 is 8.12. The Morgan fingerprint density at radius 2 is 1.73 bits per heavy atom. The van der Waals surface area contributed by atoms with Crippen molar-refractivity contribution in [1.82, 2.24) is 4.98 Å². The molecule has 128 valence electrons. The maximum Gasteiger partial charge on any atom is 0.255 e. The van der Waals surface area contributed by atoms with Crippen molar-refractivity contribution >= 4 is 56.9 Å². The molecule has 0 spiro atoms. The fraction of sp³-hybridized carbons (Fsp3) is 0. The van der Waals surface area contributed by atoms with E-state index in [1.165, 1.54) is 0 Å². The van der Waals surface area contributed by atoms with Crippen LogP contribution in [0.25, 0.3) is 22.6 Å². The number of amides is 1. The molecule has 0 saturated carbocycles. The molecule has 0 aliphatic heterocycles. The van der Waals surface area contributed by atoms with Crippen LogP contribution in [0.3, 0.4) is 0 Å². The number of rotatable bonds is 3. The number of carbonyl (C=O) groups excluding carboxylic acids is 1. The summed E-state index contributed by atoms with van der Waals surface area (Å²) in [6.07, 6.45) is 0. The van der Waals surface area contributed by atoms with Gasteiger partial charge in [-0.05, 0) is 89.3 Å². The maximum absolute atomic E-state index is 12.4. The van der Waals surface area contributed by atoms with E-state index in [1.54, 1.807) is 42.5 Å². The predicted octanol–water partition coefficient (Wildman–Crippen LogP) is 6.01. The largest absolute Gasteiger partial charge is 0.436 e. The summed E-state index contributed by atoms with van der Waals surface area (Å²) < 4.78 is 6.87. The second kappa shape index (κ2) is 7.09. The van der Waals surface area contributed by atoms with Crippen molar-refractivity contribution in [2.45, 2.75) is 0 Å². The van der Waals surface area contributed by atoms with E-state index in [4.69, 9.17) is 16.0 Å². The third-order valence-electron chi connectivity index (χ3n) is 3.84. The van der Waals surface area contributed by atoms with Crippen molar-refractivity contribution in [3.8, 4) is 11.5 Å². The summed E-state index contributed by atoms with van der Waals surface area (Å²) in [5.41, 5.74) is 3.44. The number of hydrogen-bond acceptors (Lipinski definition) is 3. The Bertz CT molecular complexity index is 1090. The minimum Gasteiger partial charge on any atom is -0.436 e. The van der Waals surface area contributed by atoms with Crippen LogP contribution < -0.4 is 5.32 Å². The lowest BCUT2D eigenvalue weighted by atomic mass is 10.2. The smallest absolute Gasteiger partial charge is 0.255 e. The van der Waals surface area contributed by atoms with Gasteiger partial charge in [0, 0.05) is 25.4 Å². The topological polar surface area (TPSA) is 55.1 Å². The van der Waals surface area contributed by atoms with Crippen molar-refractivity contribution in [2.75, 3.05) is 5.32 Å². The molecule has 1 amide bonds. The van der Waals surface area contributed by atoms with E-state index in [2.05, 4.69) is 32.9 Å². The molecule has 0 radical (unpaired) electrons. The fourth-order valence-electron chi connectivity index (χ4n) is 2.53. The molecule has 4 aromatic rings. The Hall–Kier alpha value is -2.38. The van der Waals surface area contributed by atoms with E-state index in [0.717, 1.165) is 9.13 Å². The van der Waals surface area contributed by atoms with Crippen LogP contribution in [0.2, 0.25) is 5.02 Å². The van der Waals surface area contributed by atoms with Crippen molar-refractivity contribution in [2.24, 2.45) is 0 Å². The molecule has 26 heavy (non-hydrogen) atoms. The lowest BCUT2D eigenvalue weighted by Crippen LogP contribution is -2.11. The molecule has 0 fully saturated rings. The minimum absolute atomic E-state index is 0.165. The molecule has 4 nitrogen and oxygen atoms in total. The molecular weight excluding hydrogens is 463 g/mol. The van der Waals surface area contributed by atoms with Crippen LogP contribution in [0.15, 0.2) is 71.1 Å². The van der Waals surface area contributed by atoms with E-state index in [0.29, 0.717) is 33.3 Å². The summed E-state index contributed by atoms with van der Waals surface area (Å²) in [5, 5.41) is 3.54. The first-order valence-corrected chi connectivity index (χ1v) is 9.28. The van der Waals surface area contributed by atoms with Crippen LogP contribution in [-0.2, 0) is 0 Å². The van der Waals surface area contributed by atoms with E-state index in [1.807, 2.05) is 24.3 Å². The van der Waals surface area contributed by atoms with Crippen molar-refractivity contribution in [1.29, 1.82) is 0 Å². The van der Waals surface area contributed by atoms with Gasteiger partial charge in [0.2, 0.25) is 5.89 Å². The average molecular weight is 475 g/mol. The highest BCUT2D eigenvalue weighted by molar-refractivity contribution is 14.1. The van der Waals surface area contributed by atoms with Crippen LogP contribution in [-0.4, -0.2) is 10.9 Å². The third-order valence-corrected chi connectivity index (χ3v) is 4.81. The summed E-state index contributed by atoms with van der Waals surface area (Å²) in [4.78, 5) is 16.9. The number of oxazole rings is 1. The molecule has 1 N–H and O–H groups in total. The predicted molar refractivity (Wildman–Crippen MR) is 112 cm³/mol. The summed E-state index contributed by atoms with van der Waals surface area (Å²) in [6.45, 7) is 0.